The molecule has 1 aromatic heterocycles. The van der Waals surface area contributed by atoms with Crippen LogP contribution in [0.3, 0.4) is 0 Å². The van der Waals surface area contributed by atoms with E-state index in [4.69, 9.17) is 11.6 Å². The highest BCUT2D eigenvalue weighted by Gasteiger charge is 2.37. The Morgan fingerprint density at radius 3 is 2.30 bits per heavy atom. The molecule has 0 saturated heterocycles. The van der Waals surface area contributed by atoms with Crippen LogP contribution in [0.4, 0.5) is 16.2 Å². The Labute approximate surface area is 195 Å². The fraction of sp³-hybridized carbons (Fsp3) is 0.200. The van der Waals surface area contributed by atoms with E-state index in [0.717, 1.165) is 12.0 Å². The molecular weight excluding hydrogens is 442 g/mol. The summed E-state index contributed by atoms with van der Waals surface area (Å²) >= 11 is 5.92. The molecule has 0 radical (unpaired) electrons. The summed E-state index contributed by atoms with van der Waals surface area (Å²) in [6.07, 6.45) is 3.46. The van der Waals surface area contributed by atoms with Crippen LogP contribution in [0, 0.1) is 11.8 Å². The molecule has 168 valence electrons. The van der Waals surface area contributed by atoms with Crippen molar-refractivity contribution < 1.29 is 19.5 Å². The lowest BCUT2D eigenvalue weighted by molar-refractivity contribution is -0.142. The van der Waals surface area contributed by atoms with E-state index >= 15 is 0 Å². The second kappa shape index (κ2) is 9.83. The number of ketones is 1. The van der Waals surface area contributed by atoms with Crippen LogP contribution in [-0.4, -0.2) is 27.9 Å². The molecule has 2 aromatic carbocycles. The molecule has 3 aromatic rings. The fourth-order valence-electron chi connectivity index (χ4n) is 4.09. The first-order valence-electron chi connectivity index (χ1n) is 10.6. The minimum atomic E-state index is -0.901. The molecule has 2 atom stereocenters. The lowest BCUT2D eigenvalue weighted by Gasteiger charge is -2.14. The lowest BCUT2D eigenvalue weighted by atomic mass is 9.88. The van der Waals surface area contributed by atoms with Gasteiger partial charge in [0.2, 0.25) is 0 Å². The van der Waals surface area contributed by atoms with Crippen LogP contribution >= 0.6 is 11.6 Å². The molecule has 1 aliphatic rings. The fourth-order valence-corrected chi connectivity index (χ4v) is 4.28. The van der Waals surface area contributed by atoms with Gasteiger partial charge in [-0.2, -0.15) is 0 Å². The summed E-state index contributed by atoms with van der Waals surface area (Å²) in [6.45, 7) is 0. The summed E-state index contributed by atoms with van der Waals surface area (Å²) in [7, 11) is 0. The maximum atomic E-state index is 12.8. The molecule has 0 aliphatic heterocycles. The van der Waals surface area contributed by atoms with Crippen molar-refractivity contribution in [2.24, 2.45) is 11.8 Å². The highest BCUT2D eigenvalue weighted by molar-refractivity contribution is 6.30. The number of nitrogens with zero attached hydrogens (tertiary/aromatic N) is 1. The molecule has 1 heterocycles. The highest BCUT2D eigenvalue weighted by atomic mass is 35.5. The molecule has 8 heteroatoms. The van der Waals surface area contributed by atoms with E-state index in [1.807, 2.05) is 0 Å². The second-order valence-corrected chi connectivity index (χ2v) is 8.38. The quantitative estimate of drug-likeness (QED) is 0.404. The van der Waals surface area contributed by atoms with Crippen molar-refractivity contribution in [2.45, 2.75) is 19.3 Å². The first kappa shape index (κ1) is 22.5. The van der Waals surface area contributed by atoms with Gasteiger partial charge >= 0.3 is 12.0 Å². The second-order valence-electron chi connectivity index (χ2n) is 7.95. The van der Waals surface area contributed by atoms with Gasteiger partial charge in [0.1, 0.15) is 0 Å². The van der Waals surface area contributed by atoms with Crippen molar-refractivity contribution >= 4 is 40.8 Å². The molecule has 7 nitrogen and oxygen atoms in total. The minimum Gasteiger partial charge on any atom is -0.481 e. The zero-order chi connectivity index (χ0) is 23.4. The predicted octanol–water partition coefficient (Wildman–Crippen LogP) is 5.73. The molecule has 0 unspecified atom stereocenters. The summed E-state index contributed by atoms with van der Waals surface area (Å²) in [4.78, 5) is 40.7. The van der Waals surface area contributed by atoms with Crippen LogP contribution in [0.2, 0.25) is 5.02 Å². The van der Waals surface area contributed by atoms with E-state index in [-0.39, 0.29) is 5.78 Å². The van der Waals surface area contributed by atoms with Gasteiger partial charge in [-0.25, -0.2) is 4.79 Å². The number of carbonyl (C=O) groups is 3. The number of Topliss-reactive ketones (excluding diaryl/α,β-unsaturated/α-hetero) is 1. The average molecular weight is 464 g/mol. The van der Waals surface area contributed by atoms with E-state index in [1.54, 1.807) is 66.9 Å². The lowest BCUT2D eigenvalue weighted by Crippen LogP contribution is -2.25. The number of hydrogen-bond donors (Lipinski definition) is 3. The Morgan fingerprint density at radius 1 is 0.909 bits per heavy atom. The molecule has 1 fully saturated rings. The van der Waals surface area contributed by atoms with E-state index in [9.17, 15) is 19.5 Å². The Bertz CT molecular complexity index is 1180. The topological polar surface area (TPSA) is 108 Å². The largest absolute Gasteiger partial charge is 0.481 e. The Balaban J connectivity index is 1.39. The van der Waals surface area contributed by atoms with Crippen molar-refractivity contribution in [3.63, 3.8) is 0 Å². The van der Waals surface area contributed by atoms with Gasteiger partial charge in [-0.3, -0.25) is 14.6 Å². The smallest absolute Gasteiger partial charge is 0.323 e. The summed E-state index contributed by atoms with van der Waals surface area (Å²) in [5, 5.41) is 15.3. The van der Waals surface area contributed by atoms with Crippen LogP contribution in [0.25, 0.3) is 11.3 Å². The van der Waals surface area contributed by atoms with Gasteiger partial charge < -0.3 is 15.7 Å². The van der Waals surface area contributed by atoms with Crippen LogP contribution in [0.5, 0.6) is 0 Å². The zero-order valence-electron chi connectivity index (χ0n) is 17.6. The number of benzene rings is 2. The molecular formula is C25H22ClN3O4. The maximum Gasteiger partial charge on any atom is 0.323 e. The molecule has 4 rings (SSSR count). The SMILES string of the molecule is O=C(Nc1ccc(-c2ccc(C(=O)[C@@H]3CCC[C@H]3C(=O)O)cc2)nc1)Nc1cccc(Cl)c1. The third-order valence-electron chi connectivity index (χ3n) is 5.74. The molecule has 1 saturated carbocycles. The zero-order valence-corrected chi connectivity index (χ0v) is 18.4. The maximum absolute atomic E-state index is 12.8. The van der Waals surface area contributed by atoms with Crippen molar-refractivity contribution in [1.29, 1.82) is 0 Å². The number of carboxylic acid groups (broad SMARTS) is 1. The van der Waals surface area contributed by atoms with Gasteiger partial charge in [0.25, 0.3) is 0 Å². The van der Waals surface area contributed by atoms with Crippen molar-refractivity contribution in [1.82, 2.24) is 4.98 Å². The van der Waals surface area contributed by atoms with Gasteiger partial charge in [-0.1, -0.05) is 48.4 Å². The Hall–Kier alpha value is -3.71. The number of amides is 2. The first-order chi connectivity index (χ1) is 15.9. The molecule has 1 aliphatic carbocycles. The monoisotopic (exact) mass is 463 g/mol. The molecule has 3 N–H and O–H groups in total. The summed E-state index contributed by atoms with van der Waals surface area (Å²) in [6, 6.07) is 16.9. The van der Waals surface area contributed by atoms with E-state index in [2.05, 4.69) is 15.6 Å². The minimum absolute atomic E-state index is 0.121. The third kappa shape index (κ3) is 5.38. The van der Waals surface area contributed by atoms with Crippen molar-refractivity contribution in [3.05, 3.63) is 77.4 Å². The van der Waals surface area contributed by atoms with E-state index in [0.29, 0.717) is 40.5 Å². The number of carbonyl (C=O) groups excluding carboxylic acids is 2. The predicted molar refractivity (Wildman–Crippen MR) is 127 cm³/mol. The van der Waals surface area contributed by atoms with Gasteiger partial charge in [0.15, 0.2) is 5.78 Å². The first-order valence-corrected chi connectivity index (χ1v) is 11.0. The number of nitrogens with one attached hydrogen (secondary N) is 2. The third-order valence-corrected chi connectivity index (χ3v) is 5.97. The Morgan fingerprint density at radius 2 is 1.64 bits per heavy atom. The summed E-state index contributed by atoms with van der Waals surface area (Å²) in [5.74, 6) is -2.09. The number of urea groups is 1. The van der Waals surface area contributed by atoms with E-state index < -0.39 is 23.8 Å². The molecule has 0 spiro atoms. The summed E-state index contributed by atoms with van der Waals surface area (Å²) in [5.41, 5.74) is 3.09. The van der Waals surface area contributed by atoms with Gasteiger partial charge in [-0.05, 0) is 43.2 Å². The number of aliphatic carboxylic acids is 1. The number of halogens is 1. The van der Waals surface area contributed by atoms with E-state index in [1.165, 1.54) is 0 Å². The number of aromatic nitrogens is 1. The number of carboxylic acids is 1. The van der Waals surface area contributed by atoms with Crippen LogP contribution in [-0.2, 0) is 4.79 Å². The average Bonchev–Trinajstić information content (AvgIpc) is 3.30. The Kier molecular flexibility index (Phi) is 6.70. The van der Waals surface area contributed by atoms with Crippen molar-refractivity contribution in [3.8, 4) is 11.3 Å². The number of hydrogen-bond acceptors (Lipinski definition) is 4. The molecule has 33 heavy (non-hydrogen) atoms. The molecule has 2 amide bonds. The van der Waals surface area contributed by atoms with Gasteiger partial charge in [-0.15, -0.1) is 0 Å². The van der Waals surface area contributed by atoms with Gasteiger partial charge in [0.05, 0.1) is 23.5 Å². The highest BCUT2D eigenvalue weighted by Crippen LogP contribution is 2.34. The summed E-state index contributed by atoms with van der Waals surface area (Å²) < 4.78 is 0. The van der Waals surface area contributed by atoms with Crippen LogP contribution in [0.1, 0.15) is 29.6 Å². The number of anilines is 2. The van der Waals surface area contributed by atoms with Gasteiger partial charge in [0, 0.05) is 27.8 Å². The standard InChI is InChI=1S/C25H22ClN3O4/c26-17-3-1-4-18(13-17)28-25(33)29-19-11-12-22(27-14-19)15-7-9-16(10-8-15)23(30)20-5-2-6-21(20)24(31)32/h1,3-4,7-14,20-21H,2,5-6H2,(H,31,32)(H2,28,29,33)/t20-,21-/m1/s1. The van der Waals surface area contributed by atoms with Crippen LogP contribution in [0.15, 0.2) is 66.9 Å². The number of pyridine rings is 1. The van der Waals surface area contributed by atoms with Crippen molar-refractivity contribution in [2.75, 3.05) is 10.6 Å². The normalized spacial score (nSPS) is 17.4. The van der Waals surface area contributed by atoms with Crippen LogP contribution < -0.4 is 10.6 Å². The number of rotatable bonds is 6. The molecule has 0 bridgehead atoms.